The van der Waals surface area contributed by atoms with Crippen molar-refractivity contribution in [1.82, 2.24) is 15.1 Å². The van der Waals surface area contributed by atoms with Crippen LogP contribution in [0.4, 0.5) is 0 Å². The number of fused-ring (bicyclic) bond motifs is 1. The van der Waals surface area contributed by atoms with Crippen LogP contribution in [0.2, 0.25) is 0 Å². The summed E-state index contributed by atoms with van der Waals surface area (Å²) in [6.45, 7) is 10.8. The van der Waals surface area contributed by atoms with E-state index in [1.807, 2.05) is 74.2 Å². The Morgan fingerprint density at radius 1 is 1.07 bits per heavy atom. The number of aromatic amines is 1. The normalized spacial score (nSPS) is 14.2. The highest BCUT2D eigenvalue weighted by atomic mass is 16.5. The Balaban J connectivity index is 1.61. The number of methoxy groups -OCH3 is 1. The zero-order chi connectivity index (χ0) is 29.1. The highest BCUT2D eigenvalue weighted by Crippen LogP contribution is 2.47. The molecule has 2 heterocycles. The predicted octanol–water partition coefficient (Wildman–Crippen LogP) is 6.16. The van der Waals surface area contributed by atoms with Crippen LogP contribution >= 0.6 is 0 Å². The molecule has 1 amide bonds. The number of H-pyrrole nitrogens is 1. The van der Waals surface area contributed by atoms with E-state index in [1.165, 1.54) is 0 Å². The maximum Gasteiger partial charge on any atom is 0.273 e. The van der Waals surface area contributed by atoms with Crippen LogP contribution in [0, 0.1) is 13.8 Å². The molecule has 1 aromatic heterocycles. The number of phenolic OH excluding ortho intramolecular Hbond substituents is 1. The van der Waals surface area contributed by atoms with Gasteiger partial charge in [-0.1, -0.05) is 36.9 Å². The Hall–Kier alpha value is -4.72. The van der Waals surface area contributed by atoms with Crippen LogP contribution < -0.4 is 14.2 Å². The molecule has 0 radical (unpaired) electrons. The lowest BCUT2D eigenvalue weighted by molar-refractivity contribution is 0.0745. The molecule has 212 valence electrons. The van der Waals surface area contributed by atoms with E-state index in [0.717, 1.165) is 33.6 Å². The van der Waals surface area contributed by atoms with Gasteiger partial charge in [0, 0.05) is 17.7 Å². The number of aromatic nitrogens is 2. The number of aromatic hydroxyl groups is 1. The first-order chi connectivity index (χ1) is 19.9. The Morgan fingerprint density at radius 3 is 2.54 bits per heavy atom. The number of phenols is 1. The summed E-state index contributed by atoms with van der Waals surface area (Å²) in [5.74, 6) is 1.95. The zero-order valence-corrected chi connectivity index (χ0v) is 23.9. The number of hydrogen-bond acceptors (Lipinski definition) is 6. The molecular formula is C33H35N3O5. The molecular weight excluding hydrogens is 518 g/mol. The lowest BCUT2D eigenvalue weighted by Crippen LogP contribution is -2.31. The number of carbonyl (C=O) groups is 1. The molecule has 41 heavy (non-hydrogen) atoms. The summed E-state index contributed by atoms with van der Waals surface area (Å²) < 4.78 is 17.1. The molecule has 1 aliphatic heterocycles. The number of benzene rings is 3. The quantitative estimate of drug-likeness (QED) is 0.216. The largest absolute Gasteiger partial charge is 0.507 e. The number of hydrogen-bond donors (Lipinski definition) is 2. The van der Waals surface area contributed by atoms with E-state index in [1.54, 1.807) is 19.3 Å². The van der Waals surface area contributed by atoms with Gasteiger partial charge in [0.05, 0.1) is 19.8 Å². The molecule has 0 spiro atoms. The lowest BCUT2D eigenvalue weighted by Gasteiger charge is -2.27. The van der Waals surface area contributed by atoms with Crippen molar-refractivity contribution in [3.8, 4) is 34.3 Å². The average molecular weight is 554 g/mol. The third kappa shape index (κ3) is 5.37. The molecule has 0 bridgehead atoms. The van der Waals surface area contributed by atoms with Crippen molar-refractivity contribution >= 4 is 5.91 Å². The van der Waals surface area contributed by atoms with E-state index in [0.29, 0.717) is 54.6 Å². The summed E-state index contributed by atoms with van der Waals surface area (Å²) in [6, 6.07) is 16.9. The third-order valence-electron chi connectivity index (χ3n) is 7.30. The molecule has 8 nitrogen and oxygen atoms in total. The summed E-state index contributed by atoms with van der Waals surface area (Å²) >= 11 is 0. The molecule has 8 heteroatoms. The molecule has 0 saturated heterocycles. The average Bonchev–Trinajstić information content (AvgIpc) is 3.49. The van der Waals surface area contributed by atoms with Gasteiger partial charge in [0.2, 0.25) is 0 Å². The number of nitrogens with one attached hydrogen (secondary N) is 1. The van der Waals surface area contributed by atoms with Crippen LogP contribution in [0.25, 0.3) is 11.3 Å². The Labute approximate surface area is 240 Å². The van der Waals surface area contributed by atoms with Crippen LogP contribution in [0.15, 0.2) is 67.3 Å². The van der Waals surface area contributed by atoms with Gasteiger partial charge in [0.15, 0.2) is 11.5 Å². The first-order valence-corrected chi connectivity index (χ1v) is 13.7. The summed E-state index contributed by atoms with van der Waals surface area (Å²) in [5.41, 5.74) is 6.08. The minimum Gasteiger partial charge on any atom is -0.507 e. The van der Waals surface area contributed by atoms with Crippen molar-refractivity contribution in [2.75, 3.05) is 26.9 Å². The fraction of sp³-hybridized carbons (Fsp3) is 0.273. The van der Waals surface area contributed by atoms with E-state index in [-0.39, 0.29) is 11.7 Å². The van der Waals surface area contributed by atoms with Gasteiger partial charge in [-0.25, -0.2) is 0 Å². The number of aryl methyl sites for hydroxylation is 2. The van der Waals surface area contributed by atoms with Crippen molar-refractivity contribution in [2.24, 2.45) is 0 Å². The molecule has 4 aromatic rings. The molecule has 0 saturated carbocycles. The smallest absolute Gasteiger partial charge is 0.273 e. The Bertz CT molecular complexity index is 1550. The number of ether oxygens (including phenoxy) is 3. The molecule has 5 rings (SSSR count). The van der Waals surface area contributed by atoms with Crippen LogP contribution in [0.5, 0.6) is 23.0 Å². The van der Waals surface area contributed by atoms with E-state index < -0.39 is 6.04 Å². The first-order valence-electron chi connectivity index (χ1n) is 13.7. The molecule has 2 N–H and O–H groups in total. The minimum atomic E-state index is -0.461. The minimum absolute atomic E-state index is 0.128. The van der Waals surface area contributed by atoms with Crippen LogP contribution in [0.1, 0.15) is 51.3 Å². The van der Waals surface area contributed by atoms with Crippen LogP contribution in [0.3, 0.4) is 0 Å². The third-order valence-corrected chi connectivity index (χ3v) is 7.30. The fourth-order valence-corrected chi connectivity index (χ4v) is 5.49. The monoisotopic (exact) mass is 553 g/mol. The maximum absolute atomic E-state index is 13.9. The van der Waals surface area contributed by atoms with Gasteiger partial charge in [-0.15, -0.1) is 0 Å². The van der Waals surface area contributed by atoms with Crippen LogP contribution in [-0.4, -0.2) is 53.0 Å². The van der Waals surface area contributed by atoms with Crippen molar-refractivity contribution < 1.29 is 24.1 Å². The SMILES string of the molecule is C=CCOc1ccc(C2c3c(-c4c(C)cc(C)cc4O)n[nH]c3C(=O)N2CCc2ccc(OC)cc2)cc1OCC. The number of rotatable bonds is 11. The van der Waals surface area contributed by atoms with Crippen molar-refractivity contribution in [3.05, 3.63) is 101 Å². The van der Waals surface area contributed by atoms with Crippen molar-refractivity contribution in [3.63, 3.8) is 0 Å². The second-order valence-corrected chi connectivity index (χ2v) is 10.1. The second kappa shape index (κ2) is 11.8. The summed E-state index contributed by atoms with van der Waals surface area (Å²) in [5, 5.41) is 18.5. The summed E-state index contributed by atoms with van der Waals surface area (Å²) in [6.07, 6.45) is 2.33. The number of nitrogens with zero attached hydrogens (tertiary/aromatic N) is 2. The van der Waals surface area contributed by atoms with E-state index >= 15 is 0 Å². The molecule has 0 aliphatic carbocycles. The summed E-state index contributed by atoms with van der Waals surface area (Å²) in [7, 11) is 1.64. The Morgan fingerprint density at radius 2 is 1.85 bits per heavy atom. The standard InChI is InChI=1S/C33H35N3O5/c1-6-16-41-26-13-10-23(19-27(26)40-7-2)32-29-30(28-21(4)17-20(3)18-25(28)37)34-35-31(29)33(38)36(32)15-14-22-8-11-24(39-5)12-9-22/h6,8-13,17-19,32,37H,1,7,14-16H2,2-5H3,(H,34,35). The van der Waals surface area contributed by atoms with Gasteiger partial charge >= 0.3 is 0 Å². The van der Waals surface area contributed by atoms with E-state index in [2.05, 4.69) is 16.8 Å². The molecule has 3 aromatic carbocycles. The van der Waals surface area contributed by atoms with Gasteiger partial charge in [-0.3, -0.25) is 9.89 Å². The topological polar surface area (TPSA) is 96.9 Å². The summed E-state index contributed by atoms with van der Waals surface area (Å²) in [4.78, 5) is 15.7. The highest BCUT2D eigenvalue weighted by molar-refractivity contribution is 6.00. The Kier molecular flexibility index (Phi) is 8.01. The van der Waals surface area contributed by atoms with E-state index in [4.69, 9.17) is 14.2 Å². The van der Waals surface area contributed by atoms with Crippen LogP contribution in [-0.2, 0) is 6.42 Å². The highest BCUT2D eigenvalue weighted by Gasteiger charge is 2.43. The number of carbonyl (C=O) groups excluding carboxylic acids is 1. The lowest BCUT2D eigenvalue weighted by atomic mass is 9.93. The number of amides is 1. The maximum atomic E-state index is 13.9. The molecule has 1 atom stereocenters. The van der Waals surface area contributed by atoms with Gasteiger partial charge in [0.1, 0.15) is 29.5 Å². The van der Waals surface area contributed by atoms with Crippen molar-refractivity contribution in [2.45, 2.75) is 33.2 Å². The molecule has 1 aliphatic rings. The fourth-order valence-electron chi connectivity index (χ4n) is 5.49. The zero-order valence-electron chi connectivity index (χ0n) is 23.9. The first kappa shape index (κ1) is 27.8. The van der Waals surface area contributed by atoms with Gasteiger partial charge < -0.3 is 24.2 Å². The molecule has 0 fully saturated rings. The van der Waals surface area contributed by atoms with Gasteiger partial charge in [0.25, 0.3) is 5.91 Å². The van der Waals surface area contributed by atoms with Gasteiger partial charge in [-0.05, 0) is 79.8 Å². The van der Waals surface area contributed by atoms with Gasteiger partial charge in [-0.2, -0.15) is 5.10 Å². The molecule has 1 unspecified atom stereocenters. The second-order valence-electron chi connectivity index (χ2n) is 10.1. The predicted molar refractivity (Wildman–Crippen MR) is 158 cm³/mol. The van der Waals surface area contributed by atoms with Crippen molar-refractivity contribution in [1.29, 1.82) is 0 Å². The van der Waals surface area contributed by atoms with E-state index in [9.17, 15) is 9.90 Å².